The fourth-order valence-electron chi connectivity index (χ4n) is 5.63. The molecule has 1 aromatic heterocycles. The molecule has 10 nitrogen and oxygen atoms in total. The number of aromatic amines is 1. The normalized spacial score (nSPS) is 23.9. The number of imide groups is 1. The molecule has 2 unspecified atom stereocenters. The first kappa shape index (κ1) is 22.3. The van der Waals surface area contributed by atoms with Gasteiger partial charge in [0.2, 0.25) is 0 Å². The Morgan fingerprint density at radius 3 is 2.62 bits per heavy atom. The lowest BCUT2D eigenvalue weighted by molar-refractivity contribution is -0.127. The summed E-state index contributed by atoms with van der Waals surface area (Å²) in [6.45, 7) is 3.75. The van der Waals surface area contributed by atoms with Crippen molar-refractivity contribution in [1.82, 2.24) is 25.1 Å². The van der Waals surface area contributed by atoms with Crippen molar-refractivity contribution in [1.29, 1.82) is 0 Å². The number of nitrogens with zero attached hydrogens (tertiary/aromatic N) is 5. The lowest BCUT2D eigenvalue weighted by atomic mass is 10.1. The average Bonchev–Trinajstić information content (AvgIpc) is 3.57. The largest absolute Gasteiger partial charge is 0.378 e. The van der Waals surface area contributed by atoms with Crippen LogP contribution in [0.2, 0.25) is 0 Å². The third-order valence-corrected chi connectivity index (χ3v) is 7.60. The molecule has 1 aliphatic carbocycles. The molecule has 4 heterocycles. The third kappa shape index (κ3) is 4.11. The van der Waals surface area contributed by atoms with Crippen LogP contribution in [0.3, 0.4) is 0 Å². The van der Waals surface area contributed by atoms with Gasteiger partial charge in [0.05, 0.1) is 30.7 Å². The quantitative estimate of drug-likeness (QED) is 0.539. The molecular weight excluding hydrogens is 470 g/mol. The molecule has 4 aliphatic rings. The molecule has 3 aliphatic heterocycles. The van der Waals surface area contributed by atoms with Gasteiger partial charge in [-0.05, 0) is 36.6 Å². The molecule has 2 aromatic carbocycles. The van der Waals surface area contributed by atoms with Crippen LogP contribution in [0.1, 0.15) is 24.2 Å². The highest BCUT2D eigenvalue weighted by Gasteiger charge is 2.53. The number of nitrogens with one attached hydrogen (secondary N) is 2. The molecule has 2 N–H and O–H groups in total. The number of morpholine rings is 1. The number of H-pyrrole nitrogens is 1. The van der Waals surface area contributed by atoms with E-state index in [4.69, 9.17) is 14.7 Å². The standard InChI is InChI=1S/C27H29N7O3/c35-26-24-25(34(18-6-7-18)27(36)31-26)30-23(33(24)16-17-4-2-1-3-5-17)15-22-28-20-9-8-19(14-21(20)29-22)32-10-12-37-13-11-32/h1-5,8-9,14,18,24-25H,6-7,10-13,15-16H2,(H,28,29)(H,31,35,36). The number of carbonyl (C=O) groups is 2. The van der Waals surface area contributed by atoms with E-state index in [-0.39, 0.29) is 18.0 Å². The number of anilines is 1. The predicted molar refractivity (Wildman–Crippen MR) is 138 cm³/mol. The highest BCUT2D eigenvalue weighted by atomic mass is 16.5. The maximum absolute atomic E-state index is 13.1. The van der Waals surface area contributed by atoms with Crippen molar-refractivity contribution < 1.29 is 14.3 Å². The van der Waals surface area contributed by atoms with Gasteiger partial charge in [-0.25, -0.2) is 14.8 Å². The molecule has 2 saturated heterocycles. The molecule has 3 amide bonds. The first-order valence-corrected chi connectivity index (χ1v) is 13.0. The number of benzene rings is 2. The van der Waals surface area contributed by atoms with Crippen LogP contribution in [0, 0.1) is 0 Å². The minimum Gasteiger partial charge on any atom is -0.378 e. The molecule has 2 atom stereocenters. The van der Waals surface area contributed by atoms with Crippen LogP contribution in [-0.4, -0.2) is 82.1 Å². The van der Waals surface area contributed by atoms with Crippen LogP contribution in [0.25, 0.3) is 11.0 Å². The number of carbonyl (C=O) groups excluding carboxylic acids is 2. The zero-order valence-corrected chi connectivity index (χ0v) is 20.5. The number of amides is 3. The summed E-state index contributed by atoms with van der Waals surface area (Å²) in [4.78, 5) is 45.2. The highest BCUT2D eigenvalue weighted by Crippen LogP contribution is 2.36. The number of rotatable bonds is 6. The summed E-state index contributed by atoms with van der Waals surface area (Å²) < 4.78 is 5.49. The average molecular weight is 500 g/mol. The Hall–Kier alpha value is -3.92. The summed E-state index contributed by atoms with van der Waals surface area (Å²) in [6.07, 6.45) is 1.83. The summed E-state index contributed by atoms with van der Waals surface area (Å²) >= 11 is 0. The van der Waals surface area contributed by atoms with E-state index in [0.717, 1.165) is 73.1 Å². The monoisotopic (exact) mass is 499 g/mol. The van der Waals surface area contributed by atoms with Gasteiger partial charge in [0.1, 0.15) is 11.7 Å². The molecule has 10 heteroatoms. The lowest BCUT2D eigenvalue weighted by Gasteiger charge is -2.38. The molecular formula is C27H29N7O3. The molecule has 1 saturated carbocycles. The third-order valence-electron chi connectivity index (χ3n) is 7.60. The fraction of sp³-hybridized carbons (Fsp3) is 0.407. The van der Waals surface area contributed by atoms with E-state index >= 15 is 0 Å². The van der Waals surface area contributed by atoms with Gasteiger partial charge in [0, 0.05) is 31.4 Å². The van der Waals surface area contributed by atoms with E-state index < -0.39 is 12.2 Å². The zero-order chi connectivity index (χ0) is 24.9. The number of hydrogen-bond acceptors (Lipinski definition) is 7. The van der Waals surface area contributed by atoms with Crippen molar-refractivity contribution in [3.05, 3.63) is 59.9 Å². The number of aliphatic imine (C=N–C) groups is 1. The Morgan fingerprint density at radius 2 is 1.84 bits per heavy atom. The first-order valence-electron chi connectivity index (χ1n) is 13.0. The minimum absolute atomic E-state index is 0.145. The van der Waals surface area contributed by atoms with Crippen LogP contribution < -0.4 is 10.2 Å². The van der Waals surface area contributed by atoms with E-state index in [0.29, 0.717) is 13.0 Å². The van der Waals surface area contributed by atoms with Crippen LogP contribution in [0.4, 0.5) is 10.5 Å². The molecule has 3 aromatic rings. The van der Waals surface area contributed by atoms with Crippen molar-refractivity contribution in [2.45, 2.75) is 44.1 Å². The second kappa shape index (κ2) is 8.88. The minimum atomic E-state index is -0.550. The maximum atomic E-state index is 13.1. The van der Waals surface area contributed by atoms with Gasteiger partial charge in [-0.15, -0.1) is 0 Å². The van der Waals surface area contributed by atoms with Crippen molar-refractivity contribution in [2.75, 3.05) is 31.2 Å². The SMILES string of the molecule is O=C1NC(=O)N(C2CC2)C2N=C(Cc3nc4ccc(N5CCOCC5)cc4[nH]3)N(Cc3ccccc3)C12. The van der Waals surface area contributed by atoms with Gasteiger partial charge >= 0.3 is 6.03 Å². The zero-order valence-electron chi connectivity index (χ0n) is 20.5. The number of hydrogen-bond donors (Lipinski definition) is 2. The predicted octanol–water partition coefficient (Wildman–Crippen LogP) is 2.27. The van der Waals surface area contributed by atoms with Crippen molar-refractivity contribution in [3.63, 3.8) is 0 Å². The Labute approximate surface area is 214 Å². The topological polar surface area (TPSA) is 106 Å². The summed E-state index contributed by atoms with van der Waals surface area (Å²) in [5.74, 6) is 1.26. The second-order valence-corrected chi connectivity index (χ2v) is 10.1. The summed E-state index contributed by atoms with van der Waals surface area (Å²) in [7, 11) is 0. The molecule has 7 rings (SSSR count). The van der Waals surface area contributed by atoms with Crippen LogP contribution in [0.15, 0.2) is 53.5 Å². The van der Waals surface area contributed by atoms with Crippen LogP contribution in [0.5, 0.6) is 0 Å². The van der Waals surface area contributed by atoms with E-state index in [1.807, 2.05) is 41.3 Å². The number of amidine groups is 1. The van der Waals surface area contributed by atoms with Gasteiger partial charge in [0.25, 0.3) is 5.91 Å². The molecule has 37 heavy (non-hydrogen) atoms. The Balaban J connectivity index is 1.21. The molecule has 0 spiro atoms. The van der Waals surface area contributed by atoms with Crippen molar-refractivity contribution in [2.24, 2.45) is 4.99 Å². The maximum Gasteiger partial charge on any atom is 0.326 e. The van der Waals surface area contributed by atoms with E-state index in [2.05, 4.69) is 27.3 Å². The van der Waals surface area contributed by atoms with Gasteiger partial charge in [-0.2, -0.15) is 0 Å². The molecule has 0 radical (unpaired) electrons. The summed E-state index contributed by atoms with van der Waals surface area (Å²) in [6, 6.07) is 15.6. The number of imidazole rings is 1. The van der Waals surface area contributed by atoms with E-state index in [1.165, 1.54) is 0 Å². The fourth-order valence-corrected chi connectivity index (χ4v) is 5.63. The smallest absolute Gasteiger partial charge is 0.326 e. The number of ether oxygens (including phenoxy) is 1. The number of fused-ring (bicyclic) bond motifs is 2. The summed E-state index contributed by atoms with van der Waals surface area (Å²) in [5, 5.41) is 2.58. The Morgan fingerprint density at radius 1 is 1.03 bits per heavy atom. The number of urea groups is 1. The molecule has 3 fully saturated rings. The Bertz CT molecular complexity index is 1380. The van der Waals surface area contributed by atoms with Crippen LogP contribution in [-0.2, 0) is 22.5 Å². The molecule has 190 valence electrons. The van der Waals surface area contributed by atoms with Gasteiger partial charge < -0.3 is 19.5 Å². The summed E-state index contributed by atoms with van der Waals surface area (Å²) in [5.41, 5.74) is 4.09. The van der Waals surface area contributed by atoms with E-state index in [9.17, 15) is 9.59 Å². The van der Waals surface area contributed by atoms with E-state index in [1.54, 1.807) is 4.90 Å². The highest BCUT2D eigenvalue weighted by molar-refractivity contribution is 6.04. The Kier molecular flexibility index (Phi) is 5.35. The van der Waals surface area contributed by atoms with Crippen LogP contribution >= 0.6 is 0 Å². The number of aromatic nitrogens is 2. The van der Waals surface area contributed by atoms with Gasteiger partial charge in [-0.1, -0.05) is 30.3 Å². The van der Waals surface area contributed by atoms with Gasteiger partial charge in [-0.3, -0.25) is 15.0 Å². The van der Waals surface area contributed by atoms with Crippen molar-refractivity contribution in [3.8, 4) is 0 Å². The second-order valence-electron chi connectivity index (χ2n) is 10.1. The molecule has 0 bridgehead atoms. The van der Waals surface area contributed by atoms with Gasteiger partial charge in [0.15, 0.2) is 12.2 Å². The lowest BCUT2D eigenvalue weighted by Crippen LogP contribution is -2.65. The first-order chi connectivity index (χ1) is 18.1. The van der Waals surface area contributed by atoms with Crippen molar-refractivity contribution >= 4 is 34.5 Å².